The maximum Gasteiger partial charge on any atom is 0.267 e. The van der Waals surface area contributed by atoms with Crippen molar-refractivity contribution in [2.45, 2.75) is 51.5 Å². The SMILES string of the molecule is Cc1nc(/C=C/C(=O)NOC2CCCCO2)cnc1N[C@@H]1CCN(Cc2ccccc2)C1. The van der Waals surface area contributed by atoms with Gasteiger partial charge in [0.15, 0.2) is 6.29 Å². The number of nitrogens with zero attached hydrogens (tertiary/aromatic N) is 3. The Labute approximate surface area is 189 Å². The predicted molar refractivity (Wildman–Crippen MR) is 122 cm³/mol. The number of carbonyl (C=O) groups is 1. The Morgan fingerprint density at radius 1 is 1.28 bits per heavy atom. The Kier molecular flexibility index (Phi) is 7.82. The Balaban J connectivity index is 1.24. The van der Waals surface area contributed by atoms with Crippen LogP contribution >= 0.6 is 0 Å². The highest BCUT2D eigenvalue weighted by Gasteiger charge is 2.23. The number of likely N-dealkylation sites (tertiary alicyclic amines) is 1. The van der Waals surface area contributed by atoms with Gasteiger partial charge in [-0.25, -0.2) is 20.3 Å². The molecule has 3 heterocycles. The molecule has 32 heavy (non-hydrogen) atoms. The van der Waals surface area contributed by atoms with Crippen LogP contribution in [0.4, 0.5) is 5.82 Å². The van der Waals surface area contributed by atoms with Gasteiger partial charge in [0.25, 0.3) is 5.91 Å². The normalized spacial score (nSPS) is 21.7. The van der Waals surface area contributed by atoms with Gasteiger partial charge in [0.2, 0.25) is 0 Å². The van der Waals surface area contributed by atoms with Crippen LogP contribution in [0.3, 0.4) is 0 Å². The van der Waals surface area contributed by atoms with Gasteiger partial charge in [0, 0.05) is 44.8 Å². The zero-order valence-corrected chi connectivity index (χ0v) is 18.5. The summed E-state index contributed by atoms with van der Waals surface area (Å²) in [6.07, 6.45) is 8.24. The molecule has 2 fully saturated rings. The standard InChI is InChI=1S/C24H31N5O3/c1-18-24(27-21-12-13-29(17-21)16-19-7-3-2-4-8-19)25-15-20(26-18)10-11-22(30)28-32-23-9-5-6-14-31-23/h2-4,7-8,10-11,15,21,23H,5-6,9,12-14,16-17H2,1H3,(H,25,27)(H,28,30)/b11-10+/t21-,23?/m1/s1. The van der Waals surface area contributed by atoms with Gasteiger partial charge in [0.1, 0.15) is 5.82 Å². The van der Waals surface area contributed by atoms with Gasteiger partial charge in [0.05, 0.1) is 17.6 Å². The van der Waals surface area contributed by atoms with Crippen LogP contribution in [0.15, 0.2) is 42.6 Å². The van der Waals surface area contributed by atoms with Crippen molar-refractivity contribution in [1.82, 2.24) is 20.3 Å². The number of ether oxygens (including phenoxy) is 1. The first-order valence-corrected chi connectivity index (χ1v) is 11.3. The topological polar surface area (TPSA) is 88.6 Å². The maximum atomic E-state index is 12.0. The Hall–Kier alpha value is -2.81. The van der Waals surface area contributed by atoms with Crippen LogP contribution in [0.2, 0.25) is 0 Å². The summed E-state index contributed by atoms with van der Waals surface area (Å²) in [6.45, 7) is 5.59. The van der Waals surface area contributed by atoms with Crippen LogP contribution in [0.25, 0.3) is 6.08 Å². The molecule has 2 N–H and O–H groups in total. The quantitative estimate of drug-likeness (QED) is 0.485. The highest BCUT2D eigenvalue weighted by atomic mass is 16.8. The highest BCUT2D eigenvalue weighted by molar-refractivity contribution is 5.90. The average molecular weight is 438 g/mol. The summed E-state index contributed by atoms with van der Waals surface area (Å²) in [7, 11) is 0. The Bertz CT molecular complexity index is 915. The molecular weight excluding hydrogens is 406 g/mol. The van der Waals surface area contributed by atoms with E-state index in [9.17, 15) is 4.79 Å². The molecule has 1 unspecified atom stereocenters. The molecule has 2 saturated heterocycles. The second-order valence-corrected chi connectivity index (χ2v) is 8.29. The Morgan fingerprint density at radius 2 is 2.16 bits per heavy atom. The van der Waals surface area contributed by atoms with Crippen molar-refractivity contribution >= 4 is 17.8 Å². The third kappa shape index (κ3) is 6.59. The van der Waals surface area contributed by atoms with Gasteiger partial charge in [-0.3, -0.25) is 9.69 Å². The molecule has 2 aliphatic rings. The number of carbonyl (C=O) groups excluding carboxylic acids is 1. The van der Waals surface area contributed by atoms with Gasteiger partial charge >= 0.3 is 0 Å². The number of rotatable bonds is 8. The number of hydroxylamine groups is 1. The van der Waals surface area contributed by atoms with E-state index in [1.54, 1.807) is 12.3 Å². The molecule has 1 aromatic heterocycles. The van der Waals surface area contributed by atoms with Crippen LogP contribution in [0.5, 0.6) is 0 Å². The van der Waals surface area contributed by atoms with Crippen LogP contribution < -0.4 is 10.8 Å². The molecule has 1 amide bonds. The molecule has 0 saturated carbocycles. The van der Waals surface area contributed by atoms with Gasteiger partial charge in [-0.15, -0.1) is 0 Å². The smallest absolute Gasteiger partial charge is 0.267 e. The number of hydrogen-bond acceptors (Lipinski definition) is 7. The fourth-order valence-corrected chi connectivity index (χ4v) is 3.97. The molecule has 2 aliphatic heterocycles. The van der Waals surface area contributed by atoms with Gasteiger partial charge in [-0.2, -0.15) is 0 Å². The summed E-state index contributed by atoms with van der Waals surface area (Å²) in [5, 5.41) is 3.52. The lowest BCUT2D eigenvalue weighted by atomic mass is 10.2. The first-order chi connectivity index (χ1) is 15.7. The molecule has 0 radical (unpaired) electrons. The van der Waals surface area contributed by atoms with E-state index in [2.05, 4.69) is 49.9 Å². The minimum absolute atomic E-state index is 0.345. The zero-order valence-electron chi connectivity index (χ0n) is 18.5. The fourth-order valence-electron chi connectivity index (χ4n) is 3.97. The molecule has 8 nitrogen and oxygen atoms in total. The lowest BCUT2D eigenvalue weighted by Gasteiger charge is -2.21. The van der Waals surface area contributed by atoms with Crippen LogP contribution in [-0.4, -0.2) is 52.8 Å². The number of aryl methyl sites for hydroxylation is 1. The minimum Gasteiger partial charge on any atom is -0.365 e. The number of anilines is 1. The summed E-state index contributed by atoms with van der Waals surface area (Å²) >= 11 is 0. The number of aromatic nitrogens is 2. The largest absolute Gasteiger partial charge is 0.365 e. The van der Waals surface area contributed by atoms with Crippen molar-refractivity contribution in [3.8, 4) is 0 Å². The molecule has 0 spiro atoms. The van der Waals surface area contributed by atoms with Crippen molar-refractivity contribution in [3.63, 3.8) is 0 Å². The van der Waals surface area contributed by atoms with Gasteiger partial charge < -0.3 is 10.1 Å². The number of benzene rings is 1. The van der Waals surface area contributed by atoms with Crippen LogP contribution in [0.1, 0.15) is 42.6 Å². The molecule has 0 aliphatic carbocycles. The zero-order chi connectivity index (χ0) is 22.2. The summed E-state index contributed by atoms with van der Waals surface area (Å²) in [4.78, 5) is 28.8. The van der Waals surface area contributed by atoms with Crippen LogP contribution in [-0.2, 0) is 20.9 Å². The van der Waals surface area contributed by atoms with Gasteiger partial charge in [-0.1, -0.05) is 30.3 Å². The first-order valence-electron chi connectivity index (χ1n) is 11.3. The van der Waals surface area contributed by atoms with E-state index in [0.29, 0.717) is 18.3 Å². The van der Waals surface area contributed by atoms with Crippen molar-refractivity contribution in [3.05, 3.63) is 59.6 Å². The summed E-state index contributed by atoms with van der Waals surface area (Å²) in [5.74, 6) is 0.432. The number of nitrogens with one attached hydrogen (secondary N) is 2. The number of amides is 1. The third-order valence-corrected chi connectivity index (χ3v) is 5.66. The molecule has 0 bridgehead atoms. The second-order valence-electron chi connectivity index (χ2n) is 8.29. The second kappa shape index (κ2) is 11.2. The van der Waals surface area contributed by atoms with Crippen molar-refractivity contribution in [1.29, 1.82) is 0 Å². The molecular formula is C24H31N5O3. The maximum absolute atomic E-state index is 12.0. The van der Waals surface area contributed by atoms with Crippen LogP contribution in [0, 0.1) is 6.92 Å². The van der Waals surface area contributed by atoms with E-state index in [-0.39, 0.29) is 12.2 Å². The summed E-state index contributed by atoms with van der Waals surface area (Å²) in [5.41, 5.74) is 5.16. The molecule has 170 valence electrons. The van der Waals surface area contributed by atoms with E-state index in [1.165, 1.54) is 11.6 Å². The molecule has 8 heteroatoms. The van der Waals surface area contributed by atoms with E-state index in [0.717, 1.165) is 56.8 Å². The molecule has 1 aromatic carbocycles. The van der Waals surface area contributed by atoms with E-state index >= 15 is 0 Å². The average Bonchev–Trinajstić information content (AvgIpc) is 3.26. The number of hydrogen-bond donors (Lipinski definition) is 2. The molecule has 2 atom stereocenters. The van der Waals surface area contributed by atoms with Crippen molar-refractivity contribution in [2.24, 2.45) is 0 Å². The Morgan fingerprint density at radius 3 is 2.94 bits per heavy atom. The molecule has 2 aromatic rings. The lowest BCUT2D eigenvalue weighted by molar-refractivity contribution is -0.198. The summed E-state index contributed by atoms with van der Waals surface area (Å²) < 4.78 is 5.42. The third-order valence-electron chi connectivity index (χ3n) is 5.66. The monoisotopic (exact) mass is 437 g/mol. The van der Waals surface area contributed by atoms with E-state index < -0.39 is 0 Å². The van der Waals surface area contributed by atoms with Gasteiger partial charge in [-0.05, 0) is 37.8 Å². The lowest BCUT2D eigenvalue weighted by Crippen LogP contribution is -2.32. The molecule has 4 rings (SSSR count). The van der Waals surface area contributed by atoms with Crippen molar-refractivity contribution in [2.75, 3.05) is 25.0 Å². The van der Waals surface area contributed by atoms with E-state index in [1.807, 2.05) is 13.0 Å². The van der Waals surface area contributed by atoms with Crippen molar-refractivity contribution < 1.29 is 14.4 Å². The first kappa shape index (κ1) is 22.4. The summed E-state index contributed by atoms with van der Waals surface area (Å²) in [6, 6.07) is 10.9. The fraction of sp³-hybridized carbons (Fsp3) is 0.458. The minimum atomic E-state index is -0.368. The van der Waals surface area contributed by atoms with E-state index in [4.69, 9.17) is 9.57 Å². The predicted octanol–water partition coefficient (Wildman–Crippen LogP) is 3.06. The highest BCUT2D eigenvalue weighted by Crippen LogP contribution is 2.19.